The maximum Gasteiger partial charge on any atom is 0.387 e. The van der Waals surface area contributed by atoms with Crippen molar-refractivity contribution < 1.29 is 27.5 Å². The lowest BCUT2D eigenvalue weighted by molar-refractivity contribution is -0.0512. The van der Waals surface area contributed by atoms with Crippen LogP contribution in [0.15, 0.2) is 65.3 Å². The fourth-order valence-electron chi connectivity index (χ4n) is 2.85. The van der Waals surface area contributed by atoms with Crippen molar-refractivity contribution >= 4 is 5.91 Å². The molecule has 0 aliphatic carbocycles. The first kappa shape index (κ1) is 19.4. The van der Waals surface area contributed by atoms with Crippen molar-refractivity contribution in [3.8, 4) is 22.6 Å². The Balaban J connectivity index is 1.80. The monoisotopic (exact) mass is 387 g/mol. The molecular formula is C21H19F2NO4. The average molecular weight is 387 g/mol. The Kier molecular flexibility index (Phi) is 5.93. The van der Waals surface area contributed by atoms with Crippen LogP contribution in [0.4, 0.5) is 8.78 Å². The van der Waals surface area contributed by atoms with Gasteiger partial charge in [0.05, 0.1) is 13.4 Å². The Labute approximate surface area is 161 Å². The van der Waals surface area contributed by atoms with Gasteiger partial charge in [-0.05, 0) is 29.3 Å². The number of alkyl halides is 2. The van der Waals surface area contributed by atoms with E-state index in [0.29, 0.717) is 11.1 Å². The van der Waals surface area contributed by atoms with Crippen molar-refractivity contribution in [1.82, 2.24) is 4.90 Å². The molecule has 0 spiro atoms. The molecule has 1 aromatic heterocycles. The topological polar surface area (TPSA) is 51.9 Å². The number of rotatable bonds is 7. The summed E-state index contributed by atoms with van der Waals surface area (Å²) in [7, 11) is 2.97. The minimum Gasteiger partial charge on any atom is -0.493 e. The van der Waals surface area contributed by atoms with Crippen LogP contribution in [-0.4, -0.2) is 31.6 Å². The molecule has 0 saturated heterocycles. The van der Waals surface area contributed by atoms with Crippen LogP contribution in [0, 0.1) is 0 Å². The van der Waals surface area contributed by atoms with E-state index in [1.807, 2.05) is 30.3 Å². The first-order valence-corrected chi connectivity index (χ1v) is 8.49. The zero-order valence-electron chi connectivity index (χ0n) is 15.4. The maximum absolute atomic E-state index is 12.8. The van der Waals surface area contributed by atoms with E-state index < -0.39 is 6.61 Å². The number of halogens is 2. The number of carbonyl (C=O) groups excluding carboxylic acids is 1. The average Bonchev–Trinajstić information content (AvgIpc) is 3.17. The summed E-state index contributed by atoms with van der Waals surface area (Å²) in [5, 5.41) is 0. The Morgan fingerprint density at radius 1 is 1.11 bits per heavy atom. The fraction of sp³-hybridized carbons (Fsp3) is 0.190. The highest BCUT2D eigenvalue weighted by atomic mass is 19.3. The molecule has 0 atom stereocenters. The third kappa shape index (κ3) is 4.31. The number of methoxy groups -OCH3 is 1. The lowest BCUT2D eigenvalue weighted by Crippen LogP contribution is -2.26. The Bertz CT molecular complexity index is 941. The van der Waals surface area contributed by atoms with E-state index in [9.17, 15) is 13.6 Å². The summed E-state index contributed by atoms with van der Waals surface area (Å²) in [6.45, 7) is -2.79. The second-order valence-electron chi connectivity index (χ2n) is 6.05. The summed E-state index contributed by atoms with van der Waals surface area (Å²) in [5.74, 6) is -0.00323. The van der Waals surface area contributed by atoms with Gasteiger partial charge < -0.3 is 18.8 Å². The highest BCUT2D eigenvalue weighted by Crippen LogP contribution is 2.30. The lowest BCUT2D eigenvalue weighted by Gasteiger charge is -2.18. The molecule has 3 rings (SSSR count). The molecule has 0 saturated carbocycles. The Hall–Kier alpha value is -3.35. The normalized spacial score (nSPS) is 10.8. The zero-order chi connectivity index (χ0) is 20.1. The van der Waals surface area contributed by atoms with Crippen molar-refractivity contribution in [3.05, 3.63) is 72.2 Å². The number of furan rings is 1. The molecule has 0 unspecified atom stereocenters. The molecule has 5 nitrogen and oxygen atoms in total. The van der Waals surface area contributed by atoms with E-state index in [1.165, 1.54) is 30.4 Å². The predicted octanol–water partition coefficient (Wildman–Crippen LogP) is 4.83. The molecule has 7 heteroatoms. The van der Waals surface area contributed by atoms with Gasteiger partial charge in [-0.15, -0.1) is 0 Å². The molecule has 0 bridgehead atoms. The van der Waals surface area contributed by atoms with Crippen LogP contribution in [0.25, 0.3) is 11.1 Å². The third-order valence-electron chi connectivity index (χ3n) is 4.15. The second-order valence-corrected chi connectivity index (χ2v) is 6.05. The summed E-state index contributed by atoms with van der Waals surface area (Å²) >= 11 is 0. The molecule has 0 aliphatic rings. The third-order valence-corrected chi connectivity index (χ3v) is 4.15. The van der Waals surface area contributed by atoms with Crippen LogP contribution in [0.3, 0.4) is 0 Å². The maximum atomic E-state index is 12.8. The zero-order valence-corrected chi connectivity index (χ0v) is 15.4. The predicted molar refractivity (Wildman–Crippen MR) is 99.6 cm³/mol. The number of carbonyl (C=O) groups is 1. The molecule has 146 valence electrons. The molecule has 0 N–H and O–H groups in total. The summed E-state index contributed by atoms with van der Waals surface area (Å²) in [4.78, 5) is 14.3. The first-order valence-electron chi connectivity index (χ1n) is 8.49. The van der Waals surface area contributed by atoms with Crippen LogP contribution >= 0.6 is 0 Å². The van der Waals surface area contributed by atoms with Crippen LogP contribution < -0.4 is 9.47 Å². The van der Waals surface area contributed by atoms with Gasteiger partial charge in [-0.25, -0.2) is 0 Å². The summed E-state index contributed by atoms with van der Waals surface area (Å²) in [5.41, 5.74) is 2.17. The highest BCUT2D eigenvalue weighted by molar-refractivity contribution is 5.98. The van der Waals surface area contributed by atoms with E-state index >= 15 is 0 Å². The molecule has 2 aromatic carbocycles. The van der Waals surface area contributed by atoms with Crippen molar-refractivity contribution in [2.75, 3.05) is 14.2 Å². The number of benzene rings is 2. The first-order chi connectivity index (χ1) is 13.5. The standard InChI is InChI=1S/C21H19F2NO4/c1-24(13-14-8-9-17(26-2)18(12-14)28-21(22)23)20(25)19-16(10-11-27-19)15-6-4-3-5-7-15/h3-12,21H,13H2,1-2H3. The minimum atomic E-state index is -2.97. The van der Waals surface area contributed by atoms with Crippen LogP contribution in [0.2, 0.25) is 0 Å². The van der Waals surface area contributed by atoms with Crippen LogP contribution in [0.1, 0.15) is 16.1 Å². The van der Waals surface area contributed by atoms with Gasteiger partial charge in [-0.1, -0.05) is 36.4 Å². The smallest absolute Gasteiger partial charge is 0.387 e. The molecule has 0 radical (unpaired) electrons. The number of amides is 1. The van der Waals surface area contributed by atoms with E-state index in [0.717, 1.165) is 5.56 Å². The van der Waals surface area contributed by atoms with E-state index in [4.69, 9.17) is 9.15 Å². The molecule has 3 aromatic rings. The van der Waals surface area contributed by atoms with E-state index in [-0.39, 0.29) is 29.7 Å². The van der Waals surface area contributed by atoms with E-state index in [2.05, 4.69) is 4.74 Å². The van der Waals surface area contributed by atoms with Crippen LogP contribution in [-0.2, 0) is 6.54 Å². The van der Waals surface area contributed by atoms with Crippen molar-refractivity contribution in [2.24, 2.45) is 0 Å². The van der Waals surface area contributed by atoms with Gasteiger partial charge in [0.25, 0.3) is 5.91 Å². The van der Waals surface area contributed by atoms with E-state index in [1.54, 1.807) is 19.2 Å². The summed E-state index contributed by atoms with van der Waals surface area (Å²) in [6, 6.07) is 15.8. The van der Waals surface area contributed by atoms with Crippen molar-refractivity contribution in [1.29, 1.82) is 0 Å². The number of hydrogen-bond acceptors (Lipinski definition) is 4. The molecule has 28 heavy (non-hydrogen) atoms. The SMILES string of the molecule is COc1ccc(CN(C)C(=O)c2occc2-c2ccccc2)cc1OC(F)F. The van der Waals surface area contributed by atoms with Gasteiger partial charge in [0.2, 0.25) is 0 Å². The van der Waals surface area contributed by atoms with Gasteiger partial charge in [0.1, 0.15) is 0 Å². The number of ether oxygens (including phenoxy) is 2. The van der Waals surface area contributed by atoms with Gasteiger partial charge in [-0.2, -0.15) is 8.78 Å². The van der Waals surface area contributed by atoms with Gasteiger partial charge in [0.15, 0.2) is 17.3 Å². The number of nitrogens with zero attached hydrogens (tertiary/aromatic N) is 1. The molecule has 0 aliphatic heterocycles. The molecular weight excluding hydrogens is 368 g/mol. The van der Waals surface area contributed by atoms with Crippen molar-refractivity contribution in [2.45, 2.75) is 13.2 Å². The molecule has 0 fully saturated rings. The molecule has 1 heterocycles. The minimum absolute atomic E-state index is 0.0844. The fourth-order valence-corrected chi connectivity index (χ4v) is 2.85. The molecule has 1 amide bonds. The van der Waals surface area contributed by atoms with Crippen LogP contribution in [0.5, 0.6) is 11.5 Å². The highest BCUT2D eigenvalue weighted by Gasteiger charge is 2.21. The number of hydrogen-bond donors (Lipinski definition) is 0. The second kappa shape index (κ2) is 8.56. The summed E-state index contributed by atoms with van der Waals surface area (Å²) in [6.07, 6.45) is 1.46. The largest absolute Gasteiger partial charge is 0.493 e. The Morgan fingerprint density at radius 2 is 1.86 bits per heavy atom. The Morgan fingerprint density at radius 3 is 2.54 bits per heavy atom. The van der Waals surface area contributed by atoms with Gasteiger partial charge in [-0.3, -0.25) is 4.79 Å². The lowest BCUT2D eigenvalue weighted by atomic mass is 10.1. The van der Waals surface area contributed by atoms with Gasteiger partial charge in [0, 0.05) is 19.2 Å². The van der Waals surface area contributed by atoms with Gasteiger partial charge >= 0.3 is 6.61 Å². The quantitative estimate of drug-likeness (QED) is 0.583. The summed E-state index contributed by atoms with van der Waals surface area (Å²) < 4.78 is 40.1. The van der Waals surface area contributed by atoms with Crippen molar-refractivity contribution in [3.63, 3.8) is 0 Å².